The van der Waals surface area contributed by atoms with Gasteiger partial charge in [0.1, 0.15) is 0 Å². The van der Waals surface area contributed by atoms with Gasteiger partial charge in [-0.1, -0.05) is 12.1 Å². The van der Waals surface area contributed by atoms with Gasteiger partial charge in [0.15, 0.2) is 0 Å². The number of hydrogen-bond donors (Lipinski definition) is 1. The molecule has 6 heteroatoms. The third-order valence-electron chi connectivity index (χ3n) is 2.23. The van der Waals surface area contributed by atoms with Crippen molar-refractivity contribution in [3.8, 4) is 0 Å². The van der Waals surface area contributed by atoms with Crippen molar-refractivity contribution in [2.24, 2.45) is 5.73 Å². The summed E-state index contributed by atoms with van der Waals surface area (Å²) in [4.78, 5) is 21.3. The highest BCUT2D eigenvalue weighted by molar-refractivity contribution is 5.78. The van der Waals surface area contributed by atoms with Crippen molar-refractivity contribution in [2.75, 3.05) is 13.7 Å². The zero-order valence-corrected chi connectivity index (χ0v) is 8.75. The van der Waals surface area contributed by atoms with Crippen LogP contribution in [0.1, 0.15) is 11.5 Å². The molecule has 0 aromatic heterocycles. The van der Waals surface area contributed by atoms with Crippen LogP contribution in [-0.2, 0) is 9.53 Å². The molecule has 16 heavy (non-hydrogen) atoms. The summed E-state index contributed by atoms with van der Waals surface area (Å²) in [5.74, 6) is -1.03. The average molecular weight is 224 g/mol. The summed E-state index contributed by atoms with van der Waals surface area (Å²) in [7, 11) is 1.27. The smallest absolute Gasteiger partial charge is 0.314 e. The van der Waals surface area contributed by atoms with E-state index in [0.717, 1.165) is 0 Å². The molecule has 0 saturated carbocycles. The number of ether oxygens (including phenoxy) is 1. The Morgan fingerprint density at radius 2 is 2.06 bits per heavy atom. The maximum Gasteiger partial charge on any atom is 0.314 e. The molecule has 86 valence electrons. The lowest BCUT2D eigenvalue weighted by molar-refractivity contribution is -0.384. The third-order valence-corrected chi connectivity index (χ3v) is 2.23. The Morgan fingerprint density at radius 3 is 2.44 bits per heavy atom. The highest BCUT2D eigenvalue weighted by Crippen LogP contribution is 2.19. The molecule has 2 N–H and O–H groups in total. The molecule has 0 saturated heterocycles. The Labute approximate surface area is 92.2 Å². The van der Waals surface area contributed by atoms with Gasteiger partial charge in [-0.25, -0.2) is 0 Å². The molecule has 0 fully saturated rings. The van der Waals surface area contributed by atoms with Crippen molar-refractivity contribution >= 4 is 11.7 Å². The number of carbonyl (C=O) groups is 1. The van der Waals surface area contributed by atoms with Crippen LogP contribution in [0, 0.1) is 10.1 Å². The van der Waals surface area contributed by atoms with Crippen molar-refractivity contribution in [1.29, 1.82) is 0 Å². The Balaban J connectivity index is 2.95. The molecular weight excluding hydrogens is 212 g/mol. The maximum absolute atomic E-state index is 11.3. The molecule has 0 bridgehead atoms. The van der Waals surface area contributed by atoms with Crippen LogP contribution in [-0.4, -0.2) is 24.5 Å². The number of nitrogens with zero attached hydrogens (tertiary/aromatic N) is 1. The van der Waals surface area contributed by atoms with E-state index in [4.69, 9.17) is 5.73 Å². The molecule has 0 amide bonds. The van der Waals surface area contributed by atoms with Crippen LogP contribution >= 0.6 is 0 Å². The van der Waals surface area contributed by atoms with E-state index in [9.17, 15) is 14.9 Å². The summed E-state index contributed by atoms with van der Waals surface area (Å²) in [6.45, 7) is 0.102. The summed E-state index contributed by atoms with van der Waals surface area (Å²) < 4.78 is 4.58. The summed E-state index contributed by atoms with van der Waals surface area (Å²) >= 11 is 0. The minimum absolute atomic E-state index is 0.0237. The molecule has 1 rings (SSSR count). The first-order valence-corrected chi connectivity index (χ1v) is 4.62. The van der Waals surface area contributed by atoms with E-state index in [1.54, 1.807) is 0 Å². The zero-order valence-electron chi connectivity index (χ0n) is 8.75. The van der Waals surface area contributed by atoms with E-state index in [-0.39, 0.29) is 12.2 Å². The number of carbonyl (C=O) groups excluding carboxylic acids is 1. The van der Waals surface area contributed by atoms with E-state index in [0.29, 0.717) is 5.56 Å². The highest BCUT2D eigenvalue weighted by atomic mass is 16.6. The first kappa shape index (κ1) is 12.1. The van der Waals surface area contributed by atoms with Gasteiger partial charge in [0.05, 0.1) is 18.0 Å². The van der Waals surface area contributed by atoms with Crippen molar-refractivity contribution in [3.05, 3.63) is 39.9 Å². The number of hydrogen-bond acceptors (Lipinski definition) is 5. The highest BCUT2D eigenvalue weighted by Gasteiger charge is 2.20. The first-order chi connectivity index (χ1) is 7.60. The topological polar surface area (TPSA) is 95.5 Å². The second-order valence-corrected chi connectivity index (χ2v) is 3.16. The quantitative estimate of drug-likeness (QED) is 0.464. The van der Waals surface area contributed by atoms with Gasteiger partial charge in [-0.2, -0.15) is 0 Å². The van der Waals surface area contributed by atoms with Gasteiger partial charge in [-0.05, 0) is 5.56 Å². The van der Waals surface area contributed by atoms with Gasteiger partial charge in [-0.15, -0.1) is 0 Å². The molecule has 6 nitrogen and oxygen atoms in total. The number of nitrogens with two attached hydrogens (primary N) is 1. The van der Waals surface area contributed by atoms with Crippen LogP contribution in [0.4, 0.5) is 5.69 Å². The first-order valence-electron chi connectivity index (χ1n) is 4.62. The van der Waals surface area contributed by atoms with Crippen molar-refractivity contribution in [2.45, 2.75) is 5.92 Å². The molecule has 0 aliphatic rings. The predicted octanol–water partition coefficient (Wildman–Crippen LogP) is 0.810. The molecule has 0 aliphatic carbocycles. The fraction of sp³-hybridized carbons (Fsp3) is 0.300. The number of methoxy groups -OCH3 is 1. The Hall–Kier alpha value is -1.95. The Morgan fingerprint density at radius 1 is 1.50 bits per heavy atom. The average Bonchev–Trinajstić information content (AvgIpc) is 2.30. The van der Waals surface area contributed by atoms with Gasteiger partial charge < -0.3 is 10.5 Å². The van der Waals surface area contributed by atoms with Crippen LogP contribution in [0.15, 0.2) is 24.3 Å². The van der Waals surface area contributed by atoms with Crippen molar-refractivity contribution in [3.63, 3.8) is 0 Å². The minimum atomic E-state index is -0.578. The number of rotatable bonds is 4. The molecule has 1 aromatic carbocycles. The number of non-ortho nitro benzene ring substituents is 1. The maximum atomic E-state index is 11.3. The summed E-state index contributed by atoms with van der Waals surface area (Å²) in [6.07, 6.45) is 0. The number of nitro benzene ring substituents is 1. The van der Waals surface area contributed by atoms with Gasteiger partial charge in [0, 0.05) is 18.7 Å². The summed E-state index contributed by atoms with van der Waals surface area (Å²) in [6, 6.07) is 5.68. The fourth-order valence-electron chi connectivity index (χ4n) is 1.34. The molecule has 0 aliphatic heterocycles. The second kappa shape index (κ2) is 5.22. The molecule has 0 heterocycles. The number of nitro groups is 1. The third kappa shape index (κ3) is 2.54. The summed E-state index contributed by atoms with van der Waals surface area (Å²) in [5.41, 5.74) is 6.03. The van der Waals surface area contributed by atoms with E-state index < -0.39 is 16.8 Å². The molecular formula is C10H12N2O4. The normalized spacial score (nSPS) is 11.9. The fourth-order valence-corrected chi connectivity index (χ4v) is 1.34. The van der Waals surface area contributed by atoms with Crippen LogP contribution in [0.2, 0.25) is 0 Å². The molecule has 1 aromatic rings. The molecule has 0 spiro atoms. The van der Waals surface area contributed by atoms with Crippen molar-refractivity contribution in [1.82, 2.24) is 0 Å². The van der Waals surface area contributed by atoms with Gasteiger partial charge in [0.2, 0.25) is 0 Å². The molecule has 1 atom stereocenters. The van der Waals surface area contributed by atoms with Gasteiger partial charge in [-0.3, -0.25) is 14.9 Å². The van der Waals surface area contributed by atoms with E-state index >= 15 is 0 Å². The van der Waals surface area contributed by atoms with Crippen molar-refractivity contribution < 1.29 is 14.5 Å². The van der Waals surface area contributed by atoms with Gasteiger partial charge in [0.25, 0.3) is 5.69 Å². The lowest BCUT2D eigenvalue weighted by Gasteiger charge is -2.11. The lowest BCUT2D eigenvalue weighted by atomic mass is 9.99. The van der Waals surface area contributed by atoms with Crippen LogP contribution in [0.3, 0.4) is 0 Å². The molecule has 0 radical (unpaired) electrons. The van der Waals surface area contributed by atoms with E-state index in [1.165, 1.54) is 31.4 Å². The Kier molecular flexibility index (Phi) is 3.96. The molecule has 1 unspecified atom stereocenters. The van der Waals surface area contributed by atoms with Crippen LogP contribution in [0.5, 0.6) is 0 Å². The number of esters is 1. The largest absolute Gasteiger partial charge is 0.469 e. The Bertz CT molecular complexity index is 388. The minimum Gasteiger partial charge on any atom is -0.469 e. The number of benzene rings is 1. The summed E-state index contributed by atoms with van der Waals surface area (Å²) in [5, 5.41) is 10.4. The van der Waals surface area contributed by atoms with Gasteiger partial charge >= 0.3 is 5.97 Å². The van der Waals surface area contributed by atoms with Crippen LogP contribution in [0.25, 0.3) is 0 Å². The lowest BCUT2D eigenvalue weighted by Crippen LogP contribution is -2.22. The standard InChI is InChI=1S/C10H12N2O4/c1-16-10(13)9(6-11)7-2-4-8(5-3-7)12(14)15/h2-5,9H,6,11H2,1H3. The predicted molar refractivity (Wildman–Crippen MR) is 56.9 cm³/mol. The second-order valence-electron chi connectivity index (χ2n) is 3.16. The van der Waals surface area contributed by atoms with E-state index in [1.807, 2.05) is 0 Å². The van der Waals surface area contributed by atoms with E-state index in [2.05, 4.69) is 4.74 Å². The zero-order chi connectivity index (χ0) is 12.1. The SMILES string of the molecule is COC(=O)C(CN)c1ccc([N+](=O)[O-])cc1. The van der Waals surface area contributed by atoms with Crippen LogP contribution < -0.4 is 5.73 Å². The monoisotopic (exact) mass is 224 g/mol.